The summed E-state index contributed by atoms with van der Waals surface area (Å²) in [5, 5.41) is 8.65. The zero-order valence-electron chi connectivity index (χ0n) is 18.1. The van der Waals surface area contributed by atoms with Crippen LogP contribution in [0, 0.1) is 12.0 Å². The van der Waals surface area contributed by atoms with Gasteiger partial charge in [0.25, 0.3) is 0 Å². The van der Waals surface area contributed by atoms with Crippen molar-refractivity contribution >= 4 is 0 Å². The van der Waals surface area contributed by atoms with E-state index in [2.05, 4.69) is 42.3 Å². The molecule has 0 saturated heterocycles. The lowest BCUT2D eigenvalue weighted by molar-refractivity contribution is -0.0613. The maximum absolute atomic E-state index is 8.65. The van der Waals surface area contributed by atoms with Gasteiger partial charge in [0.1, 0.15) is 17.6 Å². The Kier molecular flexibility index (Phi) is 8.04. The zero-order chi connectivity index (χ0) is 21.3. The highest BCUT2D eigenvalue weighted by atomic mass is 16.7. The molecular weight excluding hydrogens is 376 g/mol. The summed E-state index contributed by atoms with van der Waals surface area (Å²) in [5.41, 5.74) is 2.77. The molecule has 0 radical (unpaired) electrons. The van der Waals surface area contributed by atoms with Crippen molar-refractivity contribution in [3.8, 4) is 23.5 Å². The molecule has 1 N–H and O–H groups in total. The Morgan fingerprint density at radius 1 is 0.833 bits per heavy atom. The van der Waals surface area contributed by atoms with E-state index in [4.69, 9.17) is 19.3 Å². The first-order chi connectivity index (χ1) is 14.6. The molecule has 4 heteroatoms. The van der Waals surface area contributed by atoms with E-state index in [1.165, 1.54) is 36.8 Å². The summed E-state index contributed by atoms with van der Waals surface area (Å²) in [6.45, 7) is 6.35. The van der Waals surface area contributed by atoms with Gasteiger partial charge in [-0.1, -0.05) is 24.3 Å². The van der Waals surface area contributed by atoms with Crippen LogP contribution in [0.15, 0.2) is 48.5 Å². The molecular formula is C26H32O4. The third kappa shape index (κ3) is 6.18. The Morgan fingerprint density at radius 2 is 1.30 bits per heavy atom. The first-order valence-electron chi connectivity index (χ1n) is 10.9. The van der Waals surface area contributed by atoms with Gasteiger partial charge in [-0.15, -0.1) is 0 Å². The van der Waals surface area contributed by atoms with E-state index < -0.39 is 0 Å². The van der Waals surface area contributed by atoms with Crippen LogP contribution in [-0.2, 0) is 4.74 Å². The number of ether oxygens (including phenoxy) is 3. The van der Waals surface area contributed by atoms with Crippen LogP contribution in [-0.4, -0.2) is 24.1 Å². The molecule has 2 aromatic rings. The number of aliphatic hydroxyl groups is 1. The average Bonchev–Trinajstić information content (AvgIpc) is 2.75. The molecule has 1 fully saturated rings. The average molecular weight is 409 g/mol. The molecule has 3 rings (SSSR count). The Bertz CT molecular complexity index is 824. The van der Waals surface area contributed by atoms with Crippen LogP contribution in [0.3, 0.4) is 0 Å². The summed E-state index contributed by atoms with van der Waals surface area (Å²) in [6, 6.07) is 16.8. The molecule has 0 heterocycles. The molecule has 30 heavy (non-hydrogen) atoms. The number of aliphatic hydroxyl groups excluding tert-OH is 1. The Balaban J connectivity index is 1.51. The summed E-state index contributed by atoms with van der Waals surface area (Å²) >= 11 is 0. The molecule has 160 valence electrons. The summed E-state index contributed by atoms with van der Waals surface area (Å²) in [4.78, 5) is 0. The van der Waals surface area contributed by atoms with Crippen LogP contribution in [0.2, 0.25) is 0 Å². The zero-order valence-corrected chi connectivity index (χ0v) is 18.1. The largest absolute Gasteiger partial charge is 0.478 e. The topological polar surface area (TPSA) is 47.9 Å². The van der Waals surface area contributed by atoms with Crippen molar-refractivity contribution < 1.29 is 19.3 Å². The standard InChI is InChI=1S/C26H32O4/c1-4-28-20(3)30-26-15-11-24(12-16-26)22-7-5-21(6-8-22)23-9-13-25(14-10-23)29-19(2)17-18-27/h9-16,19-22,27H,4-8H2,1-3H3. The van der Waals surface area contributed by atoms with Crippen molar-refractivity contribution in [1.29, 1.82) is 0 Å². The number of benzene rings is 2. The van der Waals surface area contributed by atoms with Crippen molar-refractivity contribution in [3.63, 3.8) is 0 Å². The van der Waals surface area contributed by atoms with Gasteiger partial charge >= 0.3 is 0 Å². The van der Waals surface area contributed by atoms with Gasteiger partial charge in [-0.3, -0.25) is 0 Å². The lowest BCUT2D eigenvalue weighted by Crippen LogP contribution is -2.16. The monoisotopic (exact) mass is 408 g/mol. The Morgan fingerprint density at radius 3 is 1.73 bits per heavy atom. The van der Waals surface area contributed by atoms with Gasteiger partial charge in [-0.05, 0) is 99.6 Å². The summed E-state index contributed by atoms with van der Waals surface area (Å²) in [6.07, 6.45) is 6.12. The maximum Gasteiger partial charge on any atom is 0.196 e. The fraction of sp³-hybridized carbons (Fsp3) is 0.462. The van der Waals surface area contributed by atoms with Crippen molar-refractivity contribution in [2.24, 2.45) is 0 Å². The third-order valence-electron chi connectivity index (χ3n) is 5.71. The molecule has 0 spiro atoms. The molecule has 2 atom stereocenters. The van der Waals surface area contributed by atoms with Crippen molar-refractivity contribution in [2.45, 2.75) is 70.7 Å². The van der Waals surface area contributed by atoms with Crippen molar-refractivity contribution in [2.75, 3.05) is 6.61 Å². The van der Waals surface area contributed by atoms with E-state index >= 15 is 0 Å². The van der Waals surface area contributed by atoms with Crippen LogP contribution in [0.5, 0.6) is 11.5 Å². The fourth-order valence-electron chi connectivity index (χ4n) is 4.18. The molecule has 1 saturated carbocycles. The first-order valence-corrected chi connectivity index (χ1v) is 10.9. The minimum Gasteiger partial charge on any atom is -0.478 e. The molecule has 0 aromatic heterocycles. The van der Waals surface area contributed by atoms with Crippen LogP contribution in [0.4, 0.5) is 0 Å². The third-order valence-corrected chi connectivity index (χ3v) is 5.71. The second-order valence-electron chi connectivity index (χ2n) is 7.84. The minimum absolute atomic E-state index is 0.223. The second-order valence-corrected chi connectivity index (χ2v) is 7.84. The van der Waals surface area contributed by atoms with E-state index in [0.717, 1.165) is 11.5 Å². The minimum atomic E-state index is -0.324. The van der Waals surface area contributed by atoms with Gasteiger partial charge in [0, 0.05) is 6.61 Å². The number of rotatable bonds is 8. The molecule has 1 aliphatic rings. The Labute approximate surface area is 180 Å². The van der Waals surface area contributed by atoms with Gasteiger partial charge in [0.05, 0.1) is 0 Å². The summed E-state index contributed by atoms with van der Waals surface area (Å²) in [5.74, 6) is 5.43. The van der Waals surface area contributed by atoms with Gasteiger partial charge in [0.15, 0.2) is 12.4 Å². The quantitative estimate of drug-likeness (QED) is 0.430. The van der Waals surface area contributed by atoms with Crippen LogP contribution in [0.1, 0.15) is 69.4 Å². The van der Waals surface area contributed by atoms with Gasteiger partial charge in [-0.2, -0.15) is 0 Å². The molecule has 2 unspecified atom stereocenters. The Hall–Kier alpha value is -2.64. The van der Waals surface area contributed by atoms with Crippen LogP contribution < -0.4 is 9.47 Å². The lowest BCUT2D eigenvalue weighted by atomic mass is 9.76. The van der Waals surface area contributed by atoms with E-state index in [9.17, 15) is 0 Å². The highest BCUT2D eigenvalue weighted by Crippen LogP contribution is 2.41. The SMILES string of the molecule is CCOC(C)Oc1ccc(C2CCC(c3ccc(OC(C)C#CO)cc3)CC2)cc1. The molecule has 0 aliphatic heterocycles. The van der Waals surface area contributed by atoms with Gasteiger partial charge in [-0.25, -0.2) is 0 Å². The van der Waals surface area contributed by atoms with Crippen LogP contribution in [0.25, 0.3) is 0 Å². The molecule has 2 aromatic carbocycles. The summed E-state index contributed by atoms with van der Waals surface area (Å²) < 4.78 is 16.9. The van der Waals surface area contributed by atoms with E-state index in [-0.39, 0.29) is 12.4 Å². The molecule has 4 nitrogen and oxygen atoms in total. The highest BCUT2D eigenvalue weighted by Gasteiger charge is 2.23. The number of hydrogen-bond acceptors (Lipinski definition) is 4. The van der Waals surface area contributed by atoms with E-state index in [1.807, 2.05) is 39.0 Å². The van der Waals surface area contributed by atoms with E-state index in [1.54, 1.807) is 0 Å². The van der Waals surface area contributed by atoms with Gasteiger partial charge < -0.3 is 19.3 Å². The normalized spacial score (nSPS) is 20.5. The second kappa shape index (κ2) is 10.9. The lowest BCUT2D eigenvalue weighted by Gasteiger charge is -2.29. The van der Waals surface area contributed by atoms with E-state index in [0.29, 0.717) is 18.4 Å². The predicted molar refractivity (Wildman–Crippen MR) is 118 cm³/mol. The highest BCUT2D eigenvalue weighted by molar-refractivity contribution is 5.32. The van der Waals surface area contributed by atoms with Crippen molar-refractivity contribution in [1.82, 2.24) is 0 Å². The smallest absolute Gasteiger partial charge is 0.196 e. The maximum atomic E-state index is 8.65. The molecule has 0 bridgehead atoms. The molecule has 1 aliphatic carbocycles. The van der Waals surface area contributed by atoms with Gasteiger partial charge in [0.2, 0.25) is 0 Å². The fourth-order valence-corrected chi connectivity index (χ4v) is 4.18. The van der Waals surface area contributed by atoms with Crippen molar-refractivity contribution in [3.05, 3.63) is 59.7 Å². The molecule has 0 amide bonds. The number of hydrogen-bond donors (Lipinski definition) is 1. The van der Waals surface area contributed by atoms with Crippen LogP contribution >= 0.6 is 0 Å². The predicted octanol–water partition coefficient (Wildman–Crippen LogP) is 5.99. The summed E-state index contributed by atoms with van der Waals surface area (Å²) in [7, 11) is 0. The first kappa shape index (κ1) is 22.1.